The van der Waals surface area contributed by atoms with E-state index in [4.69, 9.17) is 5.73 Å². The smallest absolute Gasteiger partial charge is 0.221 e. The zero-order valence-corrected chi connectivity index (χ0v) is 9.01. The maximum atomic E-state index is 11.3. The number of nitrogens with zero attached hydrogens (tertiary/aromatic N) is 1. The minimum Gasteiger partial charge on any atom is -0.350 e. The summed E-state index contributed by atoms with van der Waals surface area (Å²) in [4.78, 5) is 15.4. The summed E-state index contributed by atoms with van der Waals surface area (Å²) in [7, 11) is 0. The molecule has 5 heteroatoms. The van der Waals surface area contributed by atoms with Gasteiger partial charge < -0.3 is 11.1 Å². The predicted octanol–water partition coefficient (Wildman–Crippen LogP) is 0.887. The summed E-state index contributed by atoms with van der Waals surface area (Å²) in [6, 6.07) is -0.0358. The van der Waals surface area contributed by atoms with E-state index in [1.54, 1.807) is 6.20 Å². The molecular weight excluding hydrogens is 198 g/mol. The van der Waals surface area contributed by atoms with Crippen molar-refractivity contribution in [3.05, 3.63) is 16.6 Å². The topological polar surface area (TPSA) is 68.0 Å². The zero-order chi connectivity index (χ0) is 10.4. The van der Waals surface area contributed by atoms with Crippen LogP contribution in [-0.4, -0.2) is 16.9 Å². The van der Waals surface area contributed by atoms with Crippen molar-refractivity contribution in [2.24, 2.45) is 5.73 Å². The van der Waals surface area contributed by atoms with Gasteiger partial charge in [0.1, 0.15) is 5.01 Å². The molecule has 0 saturated heterocycles. The molecule has 0 aliphatic carbocycles. The van der Waals surface area contributed by atoms with Crippen molar-refractivity contribution in [3.63, 3.8) is 0 Å². The van der Waals surface area contributed by atoms with Crippen molar-refractivity contribution in [1.82, 2.24) is 10.3 Å². The van der Waals surface area contributed by atoms with E-state index in [1.165, 1.54) is 11.3 Å². The van der Waals surface area contributed by atoms with E-state index in [9.17, 15) is 4.79 Å². The fraction of sp³-hybridized carbons (Fsp3) is 0.556. The third kappa shape index (κ3) is 3.85. The van der Waals surface area contributed by atoms with Crippen LogP contribution < -0.4 is 11.1 Å². The van der Waals surface area contributed by atoms with Crippen LogP contribution in [0, 0.1) is 0 Å². The third-order valence-corrected chi connectivity index (χ3v) is 2.67. The number of nitrogens with two attached hydrogens (primary N) is 1. The van der Waals surface area contributed by atoms with Crippen molar-refractivity contribution in [2.45, 2.75) is 32.4 Å². The molecule has 1 aromatic heterocycles. The summed E-state index contributed by atoms with van der Waals surface area (Å²) in [6.07, 6.45) is 2.94. The fourth-order valence-electron chi connectivity index (χ4n) is 0.969. The number of rotatable bonds is 5. The van der Waals surface area contributed by atoms with Gasteiger partial charge in [0.15, 0.2) is 0 Å². The summed E-state index contributed by atoms with van der Waals surface area (Å²) in [5.41, 5.74) is 5.65. The Balaban J connectivity index is 2.22. The molecule has 1 amide bonds. The van der Waals surface area contributed by atoms with Crippen LogP contribution in [0.1, 0.15) is 24.8 Å². The zero-order valence-electron chi connectivity index (χ0n) is 8.19. The van der Waals surface area contributed by atoms with Gasteiger partial charge in [-0.15, -0.1) is 11.3 Å². The van der Waals surface area contributed by atoms with Gasteiger partial charge in [-0.3, -0.25) is 4.79 Å². The van der Waals surface area contributed by atoms with Gasteiger partial charge in [-0.25, -0.2) is 4.98 Å². The van der Waals surface area contributed by atoms with Crippen LogP contribution in [0.5, 0.6) is 0 Å². The van der Waals surface area contributed by atoms with Gasteiger partial charge >= 0.3 is 0 Å². The van der Waals surface area contributed by atoms with Crippen molar-refractivity contribution in [3.8, 4) is 0 Å². The molecule has 0 fully saturated rings. The average molecular weight is 213 g/mol. The molecule has 0 aliphatic heterocycles. The highest BCUT2D eigenvalue weighted by Crippen LogP contribution is 2.03. The second-order valence-electron chi connectivity index (χ2n) is 3.08. The van der Waals surface area contributed by atoms with Crippen LogP contribution in [-0.2, 0) is 11.3 Å². The molecule has 14 heavy (non-hydrogen) atoms. The van der Waals surface area contributed by atoms with E-state index >= 15 is 0 Å². The first-order chi connectivity index (χ1) is 6.72. The molecule has 0 aliphatic rings. The lowest BCUT2D eigenvalue weighted by Crippen LogP contribution is -2.30. The van der Waals surface area contributed by atoms with Gasteiger partial charge in [-0.1, -0.05) is 6.92 Å². The van der Waals surface area contributed by atoms with Crippen LogP contribution in [0.2, 0.25) is 0 Å². The van der Waals surface area contributed by atoms with Gasteiger partial charge in [0.2, 0.25) is 5.91 Å². The summed E-state index contributed by atoms with van der Waals surface area (Å²) in [6.45, 7) is 2.48. The molecule has 1 aromatic rings. The van der Waals surface area contributed by atoms with E-state index in [2.05, 4.69) is 10.3 Å². The van der Waals surface area contributed by atoms with Crippen LogP contribution in [0.15, 0.2) is 11.6 Å². The number of hydrogen-bond acceptors (Lipinski definition) is 4. The Hall–Kier alpha value is -0.940. The molecule has 0 saturated carbocycles. The quantitative estimate of drug-likeness (QED) is 0.763. The van der Waals surface area contributed by atoms with E-state index in [0.717, 1.165) is 11.4 Å². The Morgan fingerprint density at radius 2 is 2.57 bits per heavy atom. The van der Waals surface area contributed by atoms with Gasteiger partial charge in [0.25, 0.3) is 0 Å². The molecule has 0 spiro atoms. The molecule has 0 aromatic carbocycles. The molecule has 78 valence electrons. The predicted molar refractivity (Wildman–Crippen MR) is 56.8 cm³/mol. The first-order valence-corrected chi connectivity index (χ1v) is 5.51. The number of nitrogens with one attached hydrogen (secondary N) is 1. The molecule has 0 radical (unpaired) electrons. The first kappa shape index (κ1) is 11.1. The molecule has 3 N–H and O–H groups in total. The fourth-order valence-corrected chi connectivity index (χ4v) is 1.53. The largest absolute Gasteiger partial charge is 0.350 e. The van der Waals surface area contributed by atoms with Crippen LogP contribution in [0.3, 0.4) is 0 Å². The summed E-state index contributed by atoms with van der Waals surface area (Å²) in [5.74, 6) is -0.00505. The molecule has 4 nitrogen and oxygen atoms in total. The molecule has 1 rings (SSSR count). The minimum atomic E-state index is -0.0358. The first-order valence-electron chi connectivity index (χ1n) is 4.63. The highest BCUT2D eigenvalue weighted by atomic mass is 32.1. The molecule has 1 heterocycles. The Bertz CT molecular complexity index is 274. The lowest BCUT2D eigenvalue weighted by atomic mass is 10.1. The molecule has 1 unspecified atom stereocenters. The molecule has 0 bridgehead atoms. The molecule has 1 atom stereocenters. The number of thiazole rings is 1. The molecular formula is C9H15N3OS. The van der Waals surface area contributed by atoms with E-state index in [1.807, 2.05) is 12.3 Å². The lowest BCUT2D eigenvalue weighted by Gasteiger charge is -2.07. The van der Waals surface area contributed by atoms with Crippen molar-refractivity contribution >= 4 is 17.2 Å². The maximum Gasteiger partial charge on any atom is 0.221 e. The van der Waals surface area contributed by atoms with Gasteiger partial charge in [0, 0.05) is 24.0 Å². The monoisotopic (exact) mass is 213 g/mol. The van der Waals surface area contributed by atoms with Gasteiger partial charge in [-0.2, -0.15) is 0 Å². The summed E-state index contributed by atoms with van der Waals surface area (Å²) >= 11 is 1.53. The standard InChI is InChI=1S/C9H15N3OS/c1-2-7(10)5-8(13)12-6-9-11-3-4-14-9/h3-4,7H,2,5-6,10H2,1H3,(H,12,13). The van der Waals surface area contributed by atoms with E-state index in [0.29, 0.717) is 13.0 Å². The average Bonchev–Trinajstić information content (AvgIpc) is 2.67. The van der Waals surface area contributed by atoms with Crippen LogP contribution in [0.25, 0.3) is 0 Å². The van der Waals surface area contributed by atoms with E-state index in [-0.39, 0.29) is 11.9 Å². The number of carbonyl (C=O) groups excluding carboxylic acids is 1. The second-order valence-corrected chi connectivity index (χ2v) is 4.05. The summed E-state index contributed by atoms with van der Waals surface area (Å²) in [5, 5.41) is 5.59. The SMILES string of the molecule is CCC(N)CC(=O)NCc1nccs1. The lowest BCUT2D eigenvalue weighted by molar-refractivity contribution is -0.121. The Morgan fingerprint density at radius 3 is 3.14 bits per heavy atom. The van der Waals surface area contributed by atoms with Crippen LogP contribution in [0.4, 0.5) is 0 Å². The second kappa shape index (κ2) is 5.72. The Kier molecular flexibility index (Phi) is 4.55. The van der Waals surface area contributed by atoms with E-state index < -0.39 is 0 Å². The summed E-state index contributed by atoms with van der Waals surface area (Å²) < 4.78 is 0. The number of amides is 1. The maximum absolute atomic E-state index is 11.3. The number of carbonyl (C=O) groups is 1. The van der Waals surface area contributed by atoms with Crippen molar-refractivity contribution in [1.29, 1.82) is 0 Å². The van der Waals surface area contributed by atoms with Gasteiger partial charge in [-0.05, 0) is 6.42 Å². The minimum absolute atomic E-state index is 0.00505. The Labute approximate surface area is 87.5 Å². The normalized spacial score (nSPS) is 12.4. The van der Waals surface area contributed by atoms with Crippen molar-refractivity contribution < 1.29 is 4.79 Å². The highest BCUT2D eigenvalue weighted by Gasteiger charge is 2.07. The number of hydrogen-bond donors (Lipinski definition) is 2. The highest BCUT2D eigenvalue weighted by molar-refractivity contribution is 7.09. The third-order valence-electron chi connectivity index (χ3n) is 1.89. The number of aromatic nitrogens is 1. The van der Waals surface area contributed by atoms with Crippen molar-refractivity contribution in [2.75, 3.05) is 0 Å². The van der Waals surface area contributed by atoms with Gasteiger partial charge in [0.05, 0.1) is 6.54 Å². The van der Waals surface area contributed by atoms with Crippen LogP contribution >= 0.6 is 11.3 Å². The Morgan fingerprint density at radius 1 is 1.79 bits per heavy atom.